The van der Waals surface area contributed by atoms with Gasteiger partial charge in [-0.05, 0) is 43.9 Å². The Kier molecular flexibility index (Phi) is 3.34. The van der Waals surface area contributed by atoms with Crippen LogP contribution >= 0.6 is 0 Å². The van der Waals surface area contributed by atoms with E-state index in [4.69, 9.17) is 6.57 Å². The molecule has 1 saturated carbocycles. The van der Waals surface area contributed by atoms with Gasteiger partial charge >= 0.3 is 0 Å². The van der Waals surface area contributed by atoms with E-state index in [0.717, 1.165) is 24.7 Å². The van der Waals surface area contributed by atoms with Gasteiger partial charge in [-0.1, -0.05) is 32.4 Å². The van der Waals surface area contributed by atoms with Crippen LogP contribution in [0.15, 0.2) is 11.6 Å². The molecular weight excluding hydrogens is 206 g/mol. The molecule has 4 atom stereocenters. The van der Waals surface area contributed by atoms with Crippen LogP contribution in [0.25, 0.3) is 4.85 Å². The lowest BCUT2D eigenvalue weighted by molar-refractivity contribution is 0.190. The number of hydrogen-bond donors (Lipinski definition) is 0. The predicted molar refractivity (Wildman–Crippen MR) is 72.5 cm³/mol. The molecule has 0 N–H and O–H groups in total. The lowest BCUT2D eigenvalue weighted by Gasteiger charge is -2.32. The second-order valence-electron chi connectivity index (χ2n) is 6.67. The fraction of sp³-hybridized carbons (Fsp3) is 0.812. The van der Waals surface area contributed by atoms with Gasteiger partial charge in [-0.25, -0.2) is 6.57 Å². The number of nitrogens with zero attached hydrogens (tertiary/aromatic N) is 1. The molecule has 0 unspecified atom stereocenters. The largest absolute Gasteiger partial charge is 0.313 e. The maximum Gasteiger partial charge on any atom is 0.229 e. The molecule has 2 aliphatic rings. The van der Waals surface area contributed by atoms with Gasteiger partial charge in [0, 0.05) is 11.8 Å². The van der Waals surface area contributed by atoms with Gasteiger partial charge in [-0.2, -0.15) is 0 Å². The van der Waals surface area contributed by atoms with E-state index in [1.807, 2.05) is 0 Å². The molecular formula is C16H25N. The molecule has 2 rings (SSSR count). The molecule has 0 saturated heterocycles. The molecule has 2 aliphatic carbocycles. The fourth-order valence-corrected chi connectivity index (χ4v) is 4.06. The van der Waals surface area contributed by atoms with E-state index in [9.17, 15) is 0 Å². The van der Waals surface area contributed by atoms with Crippen molar-refractivity contribution in [1.82, 2.24) is 0 Å². The summed E-state index contributed by atoms with van der Waals surface area (Å²) < 4.78 is 0. The van der Waals surface area contributed by atoms with Crippen LogP contribution in [-0.4, -0.2) is 6.04 Å². The summed E-state index contributed by atoms with van der Waals surface area (Å²) in [5, 5.41) is 0. The molecule has 0 radical (unpaired) electrons. The van der Waals surface area contributed by atoms with Crippen molar-refractivity contribution in [3.63, 3.8) is 0 Å². The minimum absolute atomic E-state index is 0.241. The molecule has 0 heterocycles. The van der Waals surface area contributed by atoms with Gasteiger partial charge < -0.3 is 4.85 Å². The van der Waals surface area contributed by atoms with E-state index in [0.29, 0.717) is 5.92 Å². The summed E-state index contributed by atoms with van der Waals surface area (Å²) >= 11 is 0. The molecule has 0 aromatic rings. The van der Waals surface area contributed by atoms with Crippen LogP contribution in [0.5, 0.6) is 0 Å². The smallest absolute Gasteiger partial charge is 0.229 e. The Labute approximate surface area is 106 Å². The Balaban J connectivity index is 2.38. The SMILES string of the molecule is [C-]#[N+][C@@H]1CCC(C)=C[C@@H]2[C@@H](C(C)C)CC[C@]21C. The Morgan fingerprint density at radius 2 is 2.12 bits per heavy atom. The van der Waals surface area contributed by atoms with Crippen molar-refractivity contribution in [1.29, 1.82) is 0 Å². The van der Waals surface area contributed by atoms with Crippen LogP contribution in [0.4, 0.5) is 0 Å². The van der Waals surface area contributed by atoms with Crippen molar-refractivity contribution in [2.75, 3.05) is 0 Å². The molecule has 1 fully saturated rings. The molecule has 94 valence electrons. The summed E-state index contributed by atoms with van der Waals surface area (Å²) in [5.74, 6) is 2.18. The lowest BCUT2D eigenvalue weighted by atomic mass is 9.70. The maximum atomic E-state index is 7.51. The standard InChI is InChI=1S/C16H25N/c1-11(2)13-8-9-16(4)14(13)10-12(3)6-7-15(16)17-5/h10-11,13-15H,6-9H2,1-4H3/t13-,14-,15-,16-/m1/s1. The van der Waals surface area contributed by atoms with Crippen molar-refractivity contribution in [2.24, 2.45) is 23.2 Å². The van der Waals surface area contributed by atoms with Crippen molar-refractivity contribution in [3.8, 4) is 0 Å². The van der Waals surface area contributed by atoms with Crippen LogP contribution in [0.1, 0.15) is 53.4 Å². The molecule has 0 spiro atoms. The van der Waals surface area contributed by atoms with E-state index in [1.165, 1.54) is 18.4 Å². The number of fused-ring (bicyclic) bond motifs is 1. The third-order valence-corrected chi connectivity index (χ3v) is 5.29. The number of hydrogen-bond acceptors (Lipinski definition) is 0. The first-order chi connectivity index (χ1) is 7.99. The van der Waals surface area contributed by atoms with Crippen molar-refractivity contribution < 1.29 is 0 Å². The minimum Gasteiger partial charge on any atom is -0.313 e. The Morgan fingerprint density at radius 3 is 2.71 bits per heavy atom. The molecule has 17 heavy (non-hydrogen) atoms. The van der Waals surface area contributed by atoms with E-state index < -0.39 is 0 Å². The van der Waals surface area contributed by atoms with E-state index in [2.05, 4.69) is 38.6 Å². The first kappa shape index (κ1) is 12.7. The summed E-state index contributed by atoms with van der Waals surface area (Å²) in [6.07, 6.45) is 7.28. The zero-order chi connectivity index (χ0) is 12.6. The first-order valence-electron chi connectivity index (χ1n) is 7.03. The lowest BCUT2D eigenvalue weighted by Crippen LogP contribution is -2.34. The third kappa shape index (κ3) is 2.03. The zero-order valence-electron chi connectivity index (χ0n) is 11.7. The predicted octanol–water partition coefficient (Wildman–Crippen LogP) is 4.70. The second-order valence-corrected chi connectivity index (χ2v) is 6.67. The van der Waals surface area contributed by atoms with Crippen LogP contribution in [0.3, 0.4) is 0 Å². The number of rotatable bonds is 1. The molecule has 0 bridgehead atoms. The van der Waals surface area contributed by atoms with E-state index in [-0.39, 0.29) is 11.5 Å². The van der Waals surface area contributed by atoms with Crippen LogP contribution in [0.2, 0.25) is 0 Å². The van der Waals surface area contributed by atoms with Gasteiger partial charge in [0.15, 0.2) is 0 Å². The number of allylic oxidation sites excluding steroid dienone is 2. The normalized spacial score (nSPS) is 41.6. The molecule has 0 aromatic heterocycles. The zero-order valence-corrected chi connectivity index (χ0v) is 11.7. The summed E-state index contributed by atoms with van der Waals surface area (Å²) in [6, 6.07) is 0.241. The summed E-state index contributed by atoms with van der Waals surface area (Å²) in [7, 11) is 0. The summed E-state index contributed by atoms with van der Waals surface area (Å²) in [4.78, 5) is 3.97. The average molecular weight is 231 g/mol. The molecule has 1 heteroatoms. The molecule has 0 aliphatic heterocycles. The van der Waals surface area contributed by atoms with Crippen molar-refractivity contribution >= 4 is 0 Å². The van der Waals surface area contributed by atoms with Crippen LogP contribution in [0, 0.1) is 29.7 Å². The Hall–Kier alpha value is -0.770. The van der Waals surface area contributed by atoms with Gasteiger partial charge in [-0.15, -0.1) is 0 Å². The fourth-order valence-electron chi connectivity index (χ4n) is 4.06. The highest BCUT2D eigenvalue weighted by Gasteiger charge is 2.53. The highest BCUT2D eigenvalue weighted by molar-refractivity contribution is 5.18. The Morgan fingerprint density at radius 1 is 1.41 bits per heavy atom. The molecule has 0 amide bonds. The van der Waals surface area contributed by atoms with Gasteiger partial charge in [0.2, 0.25) is 6.04 Å². The van der Waals surface area contributed by atoms with E-state index >= 15 is 0 Å². The third-order valence-electron chi connectivity index (χ3n) is 5.29. The summed E-state index contributed by atoms with van der Waals surface area (Å²) in [5.41, 5.74) is 1.76. The van der Waals surface area contributed by atoms with Crippen molar-refractivity contribution in [2.45, 2.75) is 59.4 Å². The highest BCUT2D eigenvalue weighted by atomic mass is 14.8. The average Bonchev–Trinajstić information content (AvgIpc) is 2.52. The van der Waals surface area contributed by atoms with Gasteiger partial charge in [0.1, 0.15) is 0 Å². The molecule has 1 nitrogen and oxygen atoms in total. The minimum atomic E-state index is 0.241. The van der Waals surface area contributed by atoms with Gasteiger partial charge in [0.25, 0.3) is 0 Å². The Bertz CT molecular complexity index is 360. The second kappa shape index (κ2) is 4.48. The molecule has 0 aromatic carbocycles. The maximum absolute atomic E-state index is 7.51. The topological polar surface area (TPSA) is 4.36 Å². The van der Waals surface area contributed by atoms with Crippen LogP contribution < -0.4 is 0 Å². The van der Waals surface area contributed by atoms with Crippen LogP contribution in [-0.2, 0) is 0 Å². The first-order valence-corrected chi connectivity index (χ1v) is 7.03. The monoisotopic (exact) mass is 231 g/mol. The van der Waals surface area contributed by atoms with Crippen molar-refractivity contribution in [3.05, 3.63) is 23.1 Å². The van der Waals surface area contributed by atoms with Gasteiger partial charge in [0.05, 0.1) is 0 Å². The van der Waals surface area contributed by atoms with Gasteiger partial charge in [-0.3, -0.25) is 0 Å². The summed E-state index contributed by atoms with van der Waals surface area (Å²) in [6.45, 7) is 16.8. The highest BCUT2D eigenvalue weighted by Crippen LogP contribution is 2.55. The van der Waals surface area contributed by atoms with E-state index in [1.54, 1.807) is 0 Å². The quantitative estimate of drug-likeness (QED) is 0.455.